The minimum atomic E-state index is -0.925. The van der Waals surface area contributed by atoms with E-state index in [0.29, 0.717) is 28.5 Å². The van der Waals surface area contributed by atoms with E-state index in [4.69, 9.17) is 16.1 Å². The van der Waals surface area contributed by atoms with Crippen LogP contribution in [-0.2, 0) is 4.79 Å². The van der Waals surface area contributed by atoms with Crippen LogP contribution in [0.15, 0.2) is 28.8 Å². The summed E-state index contributed by atoms with van der Waals surface area (Å²) in [6.07, 6.45) is 1.22. The Labute approximate surface area is 144 Å². The molecule has 0 aliphatic heterocycles. The molecule has 2 aromatic rings. The Kier molecular flexibility index (Phi) is 5.98. The number of aryl methyl sites for hydroxylation is 1. The molecule has 1 atom stereocenters. The van der Waals surface area contributed by atoms with E-state index in [2.05, 4.69) is 10.5 Å². The summed E-state index contributed by atoms with van der Waals surface area (Å²) >= 11 is 6.16. The number of carbonyl (C=O) groups excluding carboxylic acids is 1. The van der Waals surface area contributed by atoms with Crippen LogP contribution in [0.3, 0.4) is 0 Å². The molecule has 0 fully saturated rings. The molecular weight excluding hydrogens is 332 g/mol. The van der Waals surface area contributed by atoms with E-state index >= 15 is 0 Å². The summed E-state index contributed by atoms with van der Waals surface area (Å²) in [5.74, 6) is -1.62. The monoisotopic (exact) mass is 350 g/mol. The lowest BCUT2D eigenvalue weighted by Crippen LogP contribution is -2.33. The molecule has 2 rings (SSSR count). The van der Waals surface area contributed by atoms with E-state index in [-0.39, 0.29) is 12.1 Å². The topological polar surface area (TPSA) is 92.4 Å². The van der Waals surface area contributed by atoms with Crippen molar-refractivity contribution in [3.05, 3.63) is 40.6 Å². The van der Waals surface area contributed by atoms with E-state index in [1.807, 2.05) is 6.92 Å². The van der Waals surface area contributed by atoms with Crippen LogP contribution in [-0.4, -0.2) is 28.7 Å². The Bertz CT molecular complexity index is 742. The molecule has 0 radical (unpaired) electrons. The second kappa shape index (κ2) is 7.97. The molecule has 0 spiro atoms. The summed E-state index contributed by atoms with van der Waals surface area (Å²) in [7, 11) is 0. The number of nitrogens with one attached hydrogen (secondary N) is 1. The molecular formula is C17H19ClN2O4. The highest BCUT2D eigenvalue weighted by Gasteiger charge is 2.24. The molecule has 128 valence electrons. The van der Waals surface area contributed by atoms with Gasteiger partial charge < -0.3 is 14.9 Å². The van der Waals surface area contributed by atoms with Crippen molar-refractivity contribution in [2.45, 2.75) is 26.7 Å². The first kappa shape index (κ1) is 18.0. The standard InChI is InChI=1S/C17H19ClN2O4/c1-3-6-11(17(22)23)9-19-16(21)14-10(2)24-20-15(14)12-7-4-5-8-13(12)18/h4-5,7-8,11H,3,6,9H2,1-2H3,(H,19,21)(H,22,23). The maximum atomic E-state index is 12.5. The number of carboxylic acids is 1. The fourth-order valence-corrected chi connectivity index (χ4v) is 2.67. The van der Waals surface area contributed by atoms with Gasteiger partial charge in [-0.1, -0.05) is 48.3 Å². The summed E-state index contributed by atoms with van der Waals surface area (Å²) in [6, 6.07) is 7.01. The number of amides is 1. The number of halogens is 1. The number of carbonyl (C=O) groups is 2. The van der Waals surface area contributed by atoms with Gasteiger partial charge in [0.1, 0.15) is 17.0 Å². The molecule has 7 heteroatoms. The smallest absolute Gasteiger partial charge is 0.308 e. The molecule has 0 bridgehead atoms. The van der Waals surface area contributed by atoms with E-state index in [9.17, 15) is 14.7 Å². The Morgan fingerprint density at radius 1 is 1.38 bits per heavy atom. The number of nitrogens with zero attached hydrogens (tertiary/aromatic N) is 1. The van der Waals surface area contributed by atoms with Crippen LogP contribution in [0.1, 0.15) is 35.9 Å². The SMILES string of the molecule is CCCC(CNC(=O)c1c(-c2ccccc2Cl)noc1C)C(=O)O. The summed E-state index contributed by atoms with van der Waals surface area (Å²) in [6.45, 7) is 3.58. The van der Waals surface area contributed by atoms with Crippen molar-refractivity contribution in [3.63, 3.8) is 0 Å². The van der Waals surface area contributed by atoms with Crippen molar-refractivity contribution in [1.29, 1.82) is 0 Å². The number of rotatable bonds is 7. The largest absolute Gasteiger partial charge is 0.481 e. The van der Waals surface area contributed by atoms with Gasteiger partial charge in [0.05, 0.1) is 10.9 Å². The van der Waals surface area contributed by atoms with Crippen LogP contribution in [0.5, 0.6) is 0 Å². The third kappa shape index (κ3) is 3.94. The van der Waals surface area contributed by atoms with Gasteiger partial charge in [0.25, 0.3) is 5.91 Å². The van der Waals surface area contributed by atoms with Crippen molar-refractivity contribution in [2.24, 2.45) is 5.92 Å². The zero-order valence-corrected chi connectivity index (χ0v) is 14.3. The van der Waals surface area contributed by atoms with Gasteiger partial charge in [0.15, 0.2) is 0 Å². The van der Waals surface area contributed by atoms with Gasteiger partial charge in [-0.3, -0.25) is 9.59 Å². The van der Waals surface area contributed by atoms with E-state index < -0.39 is 17.8 Å². The van der Waals surface area contributed by atoms with Crippen LogP contribution in [0.2, 0.25) is 5.02 Å². The quantitative estimate of drug-likeness (QED) is 0.796. The molecule has 0 aliphatic carbocycles. The van der Waals surface area contributed by atoms with Crippen molar-refractivity contribution < 1.29 is 19.2 Å². The Morgan fingerprint density at radius 3 is 2.71 bits per heavy atom. The van der Waals surface area contributed by atoms with Gasteiger partial charge >= 0.3 is 5.97 Å². The molecule has 1 aromatic carbocycles. The van der Waals surface area contributed by atoms with Crippen molar-refractivity contribution in [3.8, 4) is 11.3 Å². The molecule has 0 aliphatic rings. The van der Waals surface area contributed by atoms with Crippen LogP contribution in [0.25, 0.3) is 11.3 Å². The average molecular weight is 351 g/mol. The normalized spacial score (nSPS) is 12.0. The number of aromatic nitrogens is 1. The van der Waals surface area contributed by atoms with Gasteiger partial charge in [0.2, 0.25) is 0 Å². The first-order valence-electron chi connectivity index (χ1n) is 7.67. The second-order valence-corrected chi connectivity index (χ2v) is 5.88. The van der Waals surface area contributed by atoms with Crippen LogP contribution in [0, 0.1) is 12.8 Å². The van der Waals surface area contributed by atoms with Crippen LogP contribution in [0.4, 0.5) is 0 Å². The van der Waals surface area contributed by atoms with E-state index in [0.717, 1.165) is 6.42 Å². The lowest BCUT2D eigenvalue weighted by molar-refractivity contribution is -0.141. The maximum Gasteiger partial charge on any atom is 0.308 e. The molecule has 1 amide bonds. The predicted molar refractivity (Wildman–Crippen MR) is 90.1 cm³/mol. The van der Waals surface area contributed by atoms with E-state index in [1.165, 1.54) is 0 Å². The Hall–Kier alpha value is -2.34. The summed E-state index contributed by atoms with van der Waals surface area (Å²) < 4.78 is 5.14. The number of aliphatic carboxylic acids is 1. The number of hydrogen-bond acceptors (Lipinski definition) is 4. The molecule has 2 N–H and O–H groups in total. The van der Waals surface area contributed by atoms with Crippen LogP contribution < -0.4 is 5.32 Å². The summed E-state index contributed by atoms with van der Waals surface area (Å²) in [5.41, 5.74) is 1.20. The van der Waals surface area contributed by atoms with Crippen molar-refractivity contribution in [2.75, 3.05) is 6.54 Å². The highest BCUT2D eigenvalue weighted by atomic mass is 35.5. The number of hydrogen-bond donors (Lipinski definition) is 2. The minimum absolute atomic E-state index is 0.0502. The number of benzene rings is 1. The highest BCUT2D eigenvalue weighted by molar-refractivity contribution is 6.33. The minimum Gasteiger partial charge on any atom is -0.481 e. The van der Waals surface area contributed by atoms with Gasteiger partial charge in [0, 0.05) is 12.1 Å². The molecule has 6 nitrogen and oxygen atoms in total. The second-order valence-electron chi connectivity index (χ2n) is 5.48. The molecule has 1 aromatic heterocycles. The lowest BCUT2D eigenvalue weighted by atomic mass is 10.0. The molecule has 0 saturated heterocycles. The third-order valence-electron chi connectivity index (χ3n) is 3.71. The van der Waals surface area contributed by atoms with Gasteiger partial charge in [-0.2, -0.15) is 0 Å². The maximum absolute atomic E-state index is 12.5. The Balaban J connectivity index is 2.23. The summed E-state index contributed by atoms with van der Waals surface area (Å²) in [4.78, 5) is 23.7. The van der Waals surface area contributed by atoms with Gasteiger partial charge in [-0.15, -0.1) is 0 Å². The van der Waals surface area contributed by atoms with Crippen molar-refractivity contribution in [1.82, 2.24) is 10.5 Å². The fraction of sp³-hybridized carbons (Fsp3) is 0.353. The predicted octanol–water partition coefficient (Wildman–Crippen LogP) is 3.53. The molecule has 1 unspecified atom stereocenters. The lowest BCUT2D eigenvalue weighted by Gasteiger charge is -2.12. The highest BCUT2D eigenvalue weighted by Crippen LogP contribution is 2.30. The fourth-order valence-electron chi connectivity index (χ4n) is 2.44. The molecule has 0 saturated carbocycles. The first-order chi connectivity index (χ1) is 11.5. The van der Waals surface area contributed by atoms with Gasteiger partial charge in [-0.25, -0.2) is 0 Å². The third-order valence-corrected chi connectivity index (χ3v) is 4.04. The Morgan fingerprint density at radius 2 is 2.08 bits per heavy atom. The van der Waals surface area contributed by atoms with Gasteiger partial charge in [-0.05, 0) is 19.4 Å². The average Bonchev–Trinajstić information content (AvgIpc) is 2.93. The van der Waals surface area contributed by atoms with Crippen molar-refractivity contribution >= 4 is 23.5 Å². The van der Waals surface area contributed by atoms with E-state index in [1.54, 1.807) is 31.2 Å². The zero-order valence-electron chi connectivity index (χ0n) is 13.5. The first-order valence-corrected chi connectivity index (χ1v) is 8.05. The summed E-state index contributed by atoms with van der Waals surface area (Å²) in [5, 5.41) is 16.2. The van der Waals surface area contributed by atoms with Crippen LogP contribution >= 0.6 is 11.6 Å². The molecule has 24 heavy (non-hydrogen) atoms. The molecule has 1 heterocycles. The zero-order chi connectivity index (χ0) is 17.7. The number of carboxylic acid groups (broad SMARTS) is 1.